The molecule has 0 radical (unpaired) electrons. The Kier molecular flexibility index (Phi) is 3.60. The van der Waals surface area contributed by atoms with Gasteiger partial charge in [0.1, 0.15) is 18.0 Å². The number of anilines is 1. The minimum Gasteiger partial charge on any atom is -0.383 e. The van der Waals surface area contributed by atoms with Crippen LogP contribution >= 0.6 is 0 Å². The average molecular weight is 245 g/mol. The first-order chi connectivity index (χ1) is 8.58. The summed E-state index contributed by atoms with van der Waals surface area (Å²) in [7, 11) is 0. The summed E-state index contributed by atoms with van der Waals surface area (Å²) >= 11 is 0. The Labute approximate surface area is 107 Å². The Hall–Kier alpha value is -1.91. The molecule has 0 amide bonds. The lowest BCUT2D eigenvalue weighted by Crippen LogP contribution is -2.12. The molecular weight excluding hydrogens is 226 g/mol. The zero-order valence-electron chi connectivity index (χ0n) is 11.1. The summed E-state index contributed by atoms with van der Waals surface area (Å²) in [4.78, 5) is 8.45. The van der Waals surface area contributed by atoms with E-state index >= 15 is 0 Å². The molecule has 96 valence electrons. The van der Waals surface area contributed by atoms with Crippen LogP contribution in [0.4, 0.5) is 5.82 Å². The van der Waals surface area contributed by atoms with Crippen LogP contribution in [0.3, 0.4) is 0 Å². The van der Waals surface area contributed by atoms with Crippen molar-refractivity contribution in [3.8, 4) is 0 Å². The number of nitrogen functional groups attached to an aromatic ring is 1. The summed E-state index contributed by atoms with van der Waals surface area (Å²) < 4.78 is 1.94. The van der Waals surface area contributed by atoms with E-state index in [0.29, 0.717) is 18.2 Å². The first kappa shape index (κ1) is 12.5. The van der Waals surface area contributed by atoms with E-state index in [1.54, 1.807) is 12.5 Å². The normalized spacial score (nSPS) is 11.1. The van der Waals surface area contributed by atoms with Crippen LogP contribution in [0.5, 0.6) is 0 Å². The Bertz CT molecular complexity index is 510. The smallest absolute Gasteiger partial charge is 0.138 e. The molecule has 0 saturated heterocycles. The summed E-state index contributed by atoms with van der Waals surface area (Å²) in [5.41, 5.74) is 8.10. The Balaban J connectivity index is 2.26. The van der Waals surface area contributed by atoms with Crippen LogP contribution in [-0.4, -0.2) is 19.7 Å². The summed E-state index contributed by atoms with van der Waals surface area (Å²) in [6.07, 6.45) is 4.00. The molecule has 2 aromatic rings. The van der Waals surface area contributed by atoms with E-state index < -0.39 is 0 Å². The quantitative estimate of drug-likeness (QED) is 0.891. The molecule has 0 aliphatic carbocycles. The van der Waals surface area contributed by atoms with E-state index in [0.717, 1.165) is 23.5 Å². The van der Waals surface area contributed by atoms with Crippen LogP contribution in [0.2, 0.25) is 0 Å². The van der Waals surface area contributed by atoms with Crippen LogP contribution in [-0.2, 0) is 13.0 Å². The minimum atomic E-state index is 0.540. The molecule has 0 aromatic carbocycles. The molecule has 0 spiro atoms. The number of aryl methyl sites for hydroxylation is 1. The van der Waals surface area contributed by atoms with Gasteiger partial charge in [-0.25, -0.2) is 14.6 Å². The van der Waals surface area contributed by atoms with Gasteiger partial charge in [0, 0.05) is 24.7 Å². The van der Waals surface area contributed by atoms with Gasteiger partial charge in [-0.15, -0.1) is 0 Å². The molecule has 0 saturated carbocycles. The van der Waals surface area contributed by atoms with E-state index in [2.05, 4.69) is 28.9 Å². The van der Waals surface area contributed by atoms with Crippen molar-refractivity contribution < 1.29 is 0 Å². The second kappa shape index (κ2) is 5.16. The summed E-state index contributed by atoms with van der Waals surface area (Å²) in [6, 6.07) is 1.97. The summed E-state index contributed by atoms with van der Waals surface area (Å²) in [6.45, 7) is 7.23. The third-order valence-electron chi connectivity index (χ3n) is 2.89. The first-order valence-corrected chi connectivity index (χ1v) is 6.14. The molecule has 2 heterocycles. The highest BCUT2D eigenvalue weighted by atomic mass is 15.3. The van der Waals surface area contributed by atoms with Gasteiger partial charge in [0.2, 0.25) is 0 Å². The van der Waals surface area contributed by atoms with Gasteiger partial charge < -0.3 is 5.73 Å². The molecule has 0 aliphatic heterocycles. The SMILES string of the molecule is Cc1ccnc(N)c1Cc1ncnn1CC(C)C. The van der Waals surface area contributed by atoms with Gasteiger partial charge >= 0.3 is 0 Å². The van der Waals surface area contributed by atoms with Crippen molar-refractivity contribution in [1.82, 2.24) is 19.7 Å². The van der Waals surface area contributed by atoms with Crippen molar-refractivity contribution in [3.05, 3.63) is 35.5 Å². The molecule has 0 fully saturated rings. The third-order valence-corrected chi connectivity index (χ3v) is 2.89. The first-order valence-electron chi connectivity index (χ1n) is 6.14. The fraction of sp³-hybridized carbons (Fsp3) is 0.462. The number of pyridine rings is 1. The maximum atomic E-state index is 5.92. The lowest BCUT2D eigenvalue weighted by Gasteiger charge is -2.11. The Morgan fingerprint density at radius 3 is 2.78 bits per heavy atom. The lowest BCUT2D eigenvalue weighted by molar-refractivity contribution is 0.469. The molecule has 2 rings (SSSR count). The van der Waals surface area contributed by atoms with Crippen LogP contribution in [0.25, 0.3) is 0 Å². The molecule has 0 atom stereocenters. The fourth-order valence-electron chi connectivity index (χ4n) is 1.92. The van der Waals surface area contributed by atoms with E-state index in [1.807, 2.05) is 17.7 Å². The summed E-state index contributed by atoms with van der Waals surface area (Å²) in [5.74, 6) is 2.05. The molecule has 2 N–H and O–H groups in total. The van der Waals surface area contributed by atoms with Crippen LogP contribution in [0.1, 0.15) is 30.8 Å². The Morgan fingerprint density at radius 1 is 1.33 bits per heavy atom. The van der Waals surface area contributed by atoms with Gasteiger partial charge in [0.15, 0.2) is 0 Å². The van der Waals surface area contributed by atoms with Crippen molar-refractivity contribution in [2.24, 2.45) is 5.92 Å². The average Bonchev–Trinajstić information content (AvgIpc) is 2.70. The molecule has 0 unspecified atom stereocenters. The zero-order chi connectivity index (χ0) is 13.1. The minimum absolute atomic E-state index is 0.540. The van der Waals surface area contributed by atoms with Crippen LogP contribution in [0, 0.1) is 12.8 Å². The van der Waals surface area contributed by atoms with Crippen molar-refractivity contribution in [3.63, 3.8) is 0 Å². The number of nitrogens with zero attached hydrogens (tertiary/aromatic N) is 4. The molecule has 18 heavy (non-hydrogen) atoms. The van der Waals surface area contributed by atoms with E-state index in [9.17, 15) is 0 Å². The van der Waals surface area contributed by atoms with E-state index in [4.69, 9.17) is 5.73 Å². The number of hydrogen-bond acceptors (Lipinski definition) is 4. The second-order valence-corrected chi connectivity index (χ2v) is 4.92. The van der Waals surface area contributed by atoms with Gasteiger partial charge in [0.25, 0.3) is 0 Å². The second-order valence-electron chi connectivity index (χ2n) is 4.92. The highest BCUT2D eigenvalue weighted by Gasteiger charge is 2.11. The van der Waals surface area contributed by atoms with Gasteiger partial charge in [-0.05, 0) is 24.5 Å². The maximum absolute atomic E-state index is 5.92. The van der Waals surface area contributed by atoms with Crippen molar-refractivity contribution in [1.29, 1.82) is 0 Å². The number of aromatic nitrogens is 4. The van der Waals surface area contributed by atoms with Gasteiger partial charge in [-0.3, -0.25) is 0 Å². The van der Waals surface area contributed by atoms with Gasteiger partial charge in [0.05, 0.1) is 0 Å². The molecule has 5 heteroatoms. The zero-order valence-corrected chi connectivity index (χ0v) is 11.1. The molecular formula is C13H19N5. The predicted octanol–water partition coefficient (Wildman–Crippen LogP) is 1.81. The van der Waals surface area contributed by atoms with Crippen molar-refractivity contribution in [2.45, 2.75) is 33.7 Å². The van der Waals surface area contributed by atoms with E-state index in [-0.39, 0.29) is 0 Å². The molecule has 0 aliphatic rings. The number of hydrogen-bond donors (Lipinski definition) is 1. The van der Waals surface area contributed by atoms with Gasteiger partial charge in [-0.1, -0.05) is 13.8 Å². The van der Waals surface area contributed by atoms with E-state index in [1.165, 1.54) is 0 Å². The monoisotopic (exact) mass is 245 g/mol. The number of nitrogens with two attached hydrogens (primary N) is 1. The largest absolute Gasteiger partial charge is 0.383 e. The van der Waals surface area contributed by atoms with Crippen LogP contribution in [0.15, 0.2) is 18.6 Å². The fourth-order valence-corrected chi connectivity index (χ4v) is 1.92. The lowest BCUT2D eigenvalue weighted by atomic mass is 10.1. The maximum Gasteiger partial charge on any atom is 0.138 e. The van der Waals surface area contributed by atoms with Crippen LogP contribution < -0.4 is 5.73 Å². The topological polar surface area (TPSA) is 69.6 Å². The highest BCUT2D eigenvalue weighted by molar-refractivity contribution is 5.45. The van der Waals surface area contributed by atoms with Gasteiger partial charge in [-0.2, -0.15) is 5.10 Å². The standard InChI is InChI=1S/C13H19N5/c1-9(2)7-18-12(16-8-17-18)6-11-10(3)4-5-15-13(11)14/h4-5,8-9H,6-7H2,1-3H3,(H2,14,15). The molecule has 0 bridgehead atoms. The van der Waals surface area contributed by atoms with Crippen molar-refractivity contribution >= 4 is 5.82 Å². The van der Waals surface area contributed by atoms with Crippen molar-refractivity contribution in [2.75, 3.05) is 5.73 Å². The molecule has 5 nitrogen and oxygen atoms in total. The Morgan fingerprint density at radius 2 is 2.11 bits per heavy atom. The summed E-state index contributed by atoms with van der Waals surface area (Å²) in [5, 5.41) is 4.26. The number of rotatable bonds is 4. The third kappa shape index (κ3) is 2.67. The predicted molar refractivity (Wildman–Crippen MR) is 71.1 cm³/mol. The highest BCUT2D eigenvalue weighted by Crippen LogP contribution is 2.17. The molecule has 2 aromatic heterocycles.